The van der Waals surface area contributed by atoms with Gasteiger partial charge in [-0.25, -0.2) is 0 Å². The first-order chi connectivity index (χ1) is 14.0. The molecule has 5 heteroatoms. The molecule has 3 rings (SSSR count). The second-order valence-corrected chi connectivity index (χ2v) is 8.48. The zero-order valence-electron chi connectivity index (χ0n) is 17.7. The first-order valence-electron chi connectivity index (χ1n) is 9.69. The Kier molecular flexibility index (Phi) is 24.4. The summed E-state index contributed by atoms with van der Waals surface area (Å²) in [5, 5.41) is 34.8. The van der Waals surface area contributed by atoms with Crippen molar-refractivity contribution in [1.29, 1.82) is 0 Å². The van der Waals surface area contributed by atoms with E-state index in [9.17, 15) is 15.3 Å². The van der Waals surface area contributed by atoms with Crippen molar-refractivity contribution in [2.24, 2.45) is 0 Å². The van der Waals surface area contributed by atoms with Crippen LogP contribution in [0, 0.1) is 0 Å². The van der Waals surface area contributed by atoms with Crippen molar-refractivity contribution in [3.05, 3.63) is 91.0 Å². The molecule has 0 N–H and O–H groups in total. The summed E-state index contributed by atoms with van der Waals surface area (Å²) < 4.78 is 0. The molecule has 3 aromatic carbocycles. The zero-order valence-corrected chi connectivity index (χ0v) is 20.0. The summed E-state index contributed by atoms with van der Waals surface area (Å²) in [4.78, 5) is 0. The van der Waals surface area contributed by atoms with Crippen molar-refractivity contribution < 1.29 is 15.3 Å². The molecule has 0 fully saturated rings. The molecule has 0 saturated heterocycles. The minimum Gasteiger partial charge on any atom is -0.872 e. The molecular weight excluding hydrogens is 390 g/mol. The summed E-state index contributed by atoms with van der Waals surface area (Å²) in [6.45, 7) is 6.59. The minimum absolute atomic E-state index is 0.0718. The molecule has 3 aromatic rings. The van der Waals surface area contributed by atoms with Crippen LogP contribution in [0.15, 0.2) is 91.0 Å². The minimum atomic E-state index is 0.0718. The zero-order chi connectivity index (χ0) is 22.2. The molecule has 0 aliphatic heterocycles. The number of hydrogen-bond acceptors (Lipinski definition) is 3. The molecule has 0 atom stereocenters. The van der Waals surface area contributed by atoms with Gasteiger partial charge >= 0.3 is 68.1 Å². The van der Waals surface area contributed by atoms with E-state index in [1.807, 2.05) is 18.2 Å². The van der Waals surface area contributed by atoms with Crippen molar-refractivity contribution in [3.63, 3.8) is 0 Å². The van der Waals surface area contributed by atoms with E-state index in [1.165, 1.54) is 52.2 Å². The SMILES string of the molecule is C[CH2][Al+2].C[CH2][Al+][CH2]C.[O-]c1ccccc1.[O-]c1ccccc1.[O-]c1ccccc1. The van der Waals surface area contributed by atoms with Crippen LogP contribution in [0.3, 0.4) is 0 Å². The maximum atomic E-state index is 10.3. The van der Waals surface area contributed by atoms with Crippen LogP contribution in [0.5, 0.6) is 17.2 Å². The Morgan fingerprint density at radius 3 is 0.828 bits per heavy atom. The fourth-order valence-corrected chi connectivity index (χ4v) is 2.13. The molecule has 150 valence electrons. The van der Waals surface area contributed by atoms with Crippen molar-refractivity contribution in [2.75, 3.05) is 0 Å². The van der Waals surface area contributed by atoms with E-state index in [1.54, 1.807) is 36.4 Å². The Hall–Kier alpha value is -1.88. The molecule has 0 bridgehead atoms. The molecule has 0 saturated carbocycles. The molecule has 3 nitrogen and oxygen atoms in total. The van der Waals surface area contributed by atoms with Gasteiger partial charge in [-0.3, -0.25) is 0 Å². The van der Waals surface area contributed by atoms with E-state index in [2.05, 4.69) is 37.1 Å². The molecule has 0 aliphatic rings. The Labute approximate surface area is 191 Å². The molecule has 0 radical (unpaired) electrons. The number of benzene rings is 3. The Bertz CT molecular complexity index is 560. The fourth-order valence-electron chi connectivity index (χ4n) is 1.55. The van der Waals surface area contributed by atoms with Crippen LogP contribution in [0.4, 0.5) is 0 Å². The summed E-state index contributed by atoms with van der Waals surface area (Å²) >= 11 is 3.39. The standard InChI is InChI=1S/3C6H6O.3C2H5.2Al/c3*7-6-4-2-1-3-5-6;3*1-2;;/h3*1-5,7H;3*1H2,2H3;;/q;;;;;;+1;+2/p-3. The summed E-state index contributed by atoms with van der Waals surface area (Å²) in [6.07, 6.45) is 0. The smallest absolute Gasteiger partial charge is 0.0623 e. The van der Waals surface area contributed by atoms with Crippen LogP contribution in [0.2, 0.25) is 15.8 Å². The number of para-hydroxylation sites is 3. The van der Waals surface area contributed by atoms with Crippen molar-refractivity contribution >= 4 is 31.5 Å². The Morgan fingerprint density at radius 1 is 0.552 bits per heavy atom. The van der Waals surface area contributed by atoms with E-state index in [0.29, 0.717) is 0 Å². The molecule has 29 heavy (non-hydrogen) atoms. The van der Waals surface area contributed by atoms with Gasteiger partial charge in [0.1, 0.15) is 0 Å². The summed E-state index contributed by atoms with van der Waals surface area (Å²) in [6, 6.07) is 25.0. The molecule has 0 spiro atoms. The largest absolute Gasteiger partial charge is 0.872 e. The van der Waals surface area contributed by atoms with Gasteiger partial charge in [0.2, 0.25) is 0 Å². The van der Waals surface area contributed by atoms with Crippen LogP contribution in [-0.4, -0.2) is 31.5 Å². The second-order valence-electron chi connectivity index (χ2n) is 5.45. The fraction of sp³-hybridized carbons (Fsp3) is 0.250. The third kappa shape index (κ3) is 26.1. The molecule has 0 unspecified atom stereocenters. The van der Waals surface area contributed by atoms with Gasteiger partial charge in [-0.05, 0) is 0 Å². The summed E-state index contributed by atoms with van der Waals surface area (Å²) in [5.41, 5.74) is 0. The van der Waals surface area contributed by atoms with Crippen molar-refractivity contribution in [3.8, 4) is 17.2 Å². The van der Waals surface area contributed by atoms with E-state index < -0.39 is 0 Å². The summed E-state index contributed by atoms with van der Waals surface area (Å²) in [5.74, 6) is 0.215. The predicted octanol–water partition coefficient (Wildman–Crippen LogP) is 4.44. The molecule has 0 aliphatic carbocycles. The second kappa shape index (κ2) is 24.2. The van der Waals surface area contributed by atoms with Gasteiger partial charge in [-0.15, -0.1) is 17.2 Å². The monoisotopic (exact) mass is 420 g/mol. The van der Waals surface area contributed by atoms with E-state index >= 15 is 0 Å². The third-order valence-corrected chi connectivity index (χ3v) is 3.96. The van der Waals surface area contributed by atoms with Gasteiger partial charge in [0.05, 0.1) is 0 Å². The topological polar surface area (TPSA) is 69.2 Å². The molecular formula is C24H30Al2O3. The maximum Gasteiger partial charge on any atom is -0.0623 e. The quantitative estimate of drug-likeness (QED) is 0.576. The van der Waals surface area contributed by atoms with Crippen LogP contribution in [-0.2, 0) is 0 Å². The van der Waals surface area contributed by atoms with Crippen LogP contribution < -0.4 is 15.3 Å². The predicted molar refractivity (Wildman–Crippen MR) is 121 cm³/mol. The first-order valence-corrected chi connectivity index (χ1v) is 12.1. The van der Waals surface area contributed by atoms with Gasteiger partial charge in [0.25, 0.3) is 0 Å². The first kappa shape index (κ1) is 29.3. The summed E-state index contributed by atoms with van der Waals surface area (Å²) in [7, 11) is 0. The van der Waals surface area contributed by atoms with Gasteiger partial charge in [0, 0.05) is 0 Å². The molecule has 0 aromatic heterocycles. The number of hydrogen-bond donors (Lipinski definition) is 0. The average molecular weight is 420 g/mol. The Balaban J connectivity index is 0. The van der Waals surface area contributed by atoms with Gasteiger partial charge in [-0.1, -0.05) is 91.0 Å². The average Bonchev–Trinajstić information content (AvgIpc) is 2.72. The van der Waals surface area contributed by atoms with Crippen LogP contribution in [0.1, 0.15) is 20.8 Å². The van der Waals surface area contributed by atoms with Gasteiger partial charge in [0.15, 0.2) is 0 Å². The van der Waals surface area contributed by atoms with E-state index in [4.69, 9.17) is 0 Å². The van der Waals surface area contributed by atoms with Crippen molar-refractivity contribution in [1.82, 2.24) is 0 Å². The van der Waals surface area contributed by atoms with E-state index in [-0.39, 0.29) is 17.2 Å². The molecule has 0 heterocycles. The van der Waals surface area contributed by atoms with Crippen LogP contribution in [0.25, 0.3) is 0 Å². The van der Waals surface area contributed by atoms with Gasteiger partial charge < -0.3 is 15.3 Å². The van der Waals surface area contributed by atoms with Gasteiger partial charge in [-0.2, -0.15) is 0 Å². The maximum absolute atomic E-state index is 10.3. The number of rotatable bonds is 2. The van der Waals surface area contributed by atoms with Crippen molar-refractivity contribution in [2.45, 2.75) is 36.6 Å². The third-order valence-electron chi connectivity index (χ3n) is 2.81. The van der Waals surface area contributed by atoms with Crippen LogP contribution >= 0.6 is 0 Å². The van der Waals surface area contributed by atoms with E-state index in [0.717, 1.165) is 15.2 Å². The molecule has 0 amide bonds. The normalized spacial score (nSPS) is 8.03. The Morgan fingerprint density at radius 2 is 0.759 bits per heavy atom.